The Balaban J connectivity index is 1.99. The fourth-order valence-corrected chi connectivity index (χ4v) is 3.11. The SMILES string of the molecule is O=C(O)[C@@H]1CCCN1C(=O)C(O)C1CCCCC1. The van der Waals surface area contributed by atoms with Crippen molar-refractivity contribution in [3.8, 4) is 0 Å². The normalized spacial score (nSPS) is 27.2. The first-order valence-corrected chi connectivity index (χ1v) is 6.82. The monoisotopic (exact) mass is 255 g/mol. The van der Waals surface area contributed by atoms with Crippen molar-refractivity contribution in [1.82, 2.24) is 4.90 Å². The number of carboxylic acid groups (broad SMARTS) is 1. The van der Waals surface area contributed by atoms with E-state index in [0.29, 0.717) is 19.4 Å². The van der Waals surface area contributed by atoms with E-state index in [2.05, 4.69) is 0 Å². The molecular weight excluding hydrogens is 234 g/mol. The topological polar surface area (TPSA) is 77.8 Å². The highest BCUT2D eigenvalue weighted by molar-refractivity contribution is 5.87. The molecule has 0 aromatic heterocycles. The molecule has 1 heterocycles. The molecule has 1 aliphatic heterocycles. The molecule has 0 aromatic carbocycles. The Morgan fingerprint density at radius 3 is 2.33 bits per heavy atom. The largest absolute Gasteiger partial charge is 0.480 e. The highest BCUT2D eigenvalue weighted by Crippen LogP contribution is 2.29. The second-order valence-corrected chi connectivity index (χ2v) is 5.37. The highest BCUT2D eigenvalue weighted by Gasteiger charge is 2.39. The van der Waals surface area contributed by atoms with Crippen molar-refractivity contribution < 1.29 is 19.8 Å². The van der Waals surface area contributed by atoms with Gasteiger partial charge >= 0.3 is 5.97 Å². The van der Waals surface area contributed by atoms with Gasteiger partial charge in [-0.25, -0.2) is 4.79 Å². The lowest BCUT2D eigenvalue weighted by Gasteiger charge is -2.30. The van der Waals surface area contributed by atoms with Gasteiger partial charge in [0, 0.05) is 6.54 Å². The molecule has 18 heavy (non-hydrogen) atoms. The summed E-state index contributed by atoms with van der Waals surface area (Å²) in [5.41, 5.74) is 0. The van der Waals surface area contributed by atoms with Crippen LogP contribution < -0.4 is 0 Å². The molecule has 0 radical (unpaired) electrons. The van der Waals surface area contributed by atoms with Crippen molar-refractivity contribution >= 4 is 11.9 Å². The van der Waals surface area contributed by atoms with Crippen LogP contribution in [0.5, 0.6) is 0 Å². The molecule has 0 spiro atoms. The van der Waals surface area contributed by atoms with E-state index in [4.69, 9.17) is 5.11 Å². The van der Waals surface area contributed by atoms with Crippen LogP contribution in [0, 0.1) is 5.92 Å². The van der Waals surface area contributed by atoms with E-state index < -0.39 is 18.1 Å². The van der Waals surface area contributed by atoms with Gasteiger partial charge < -0.3 is 15.1 Å². The van der Waals surface area contributed by atoms with Gasteiger partial charge in [-0.05, 0) is 31.6 Å². The van der Waals surface area contributed by atoms with E-state index in [1.807, 2.05) is 0 Å². The van der Waals surface area contributed by atoms with Crippen LogP contribution in [0.15, 0.2) is 0 Å². The number of aliphatic carboxylic acids is 1. The number of aliphatic hydroxyl groups is 1. The lowest BCUT2D eigenvalue weighted by atomic mass is 9.85. The van der Waals surface area contributed by atoms with Crippen molar-refractivity contribution in [3.05, 3.63) is 0 Å². The number of carboxylic acids is 1. The Kier molecular flexibility index (Phi) is 4.22. The average molecular weight is 255 g/mol. The maximum Gasteiger partial charge on any atom is 0.326 e. The third-order valence-electron chi connectivity index (χ3n) is 4.17. The first-order valence-electron chi connectivity index (χ1n) is 6.82. The van der Waals surface area contributed by atoms with Crippen LogP contribution in [-0.4, -0.2) is 45.7 Å². The Labute approximate surface area is 107 Å². The van der Waals surface area contributed by atoms with Crippen LogP contribution in [0.3, 0.4) is 0 Å². The maximum atomic E-state index is 12.2. The van der Waals surface area contributed by atoms with Gasteiger partial charge in [0.1, 0.15) is 12.1 Å². The van der Waals surface area contributed by atoms with E-state index in [9.17, 15) is 14.7 Å². The van der Waals surface area contributed by atoms with Gasteiger partial charge in [0.05, 0.1) is 0 Å². The predicted molar refractivity (Wildman–Crippen MR) is 65.0 cm³/mol. The van der Waals surface area contributed by atoms with E-state index in [-0.39, 0.29) is 11.8 Å². The second-order valence-electron chi connectivity index (χ2n) is 5.37. The quantitative estimate of drug-likeness (QED) is 0.788. The summed E-state index contributed by atoms with van der Waals surface area (Å²) in [5, 5.41) is 19.2. The summed E-state index contributed by atoms with van der Waals surface area (Å²) in [6.07, 6.45) is 5.22. The third kappa shape index (κ3) is 2.66. The molecule has 5 nitrogen and oxygen atoms in total. The summed E-state index contributed by atoms with van der Waals surface area (Å²) < 4.78 is 0. The predicted octanol–water partition coefficient (Wildman–Crippen LogP) is 1.00. The summed E-state index contributed by atoms with van der Waals surface area (Å²) in [6.45, 7) is 0.458. The molecule has 0 bridgehead atoms. The lowest BCUT2D eigenvalue weighted by Crippen LogP contribution is -2.47. The molecule has 1 aliphatic carbocycles. The van der Waals surface area contributed by atoms with Crippen LogP contribution in [0.4, 0.5) is 0 Å². The van der Waals surface area contributed by atoms with E-state index in [1.165, 1.54) is 11.3 Å². The molecule has 1 unspecified atom stereocenters. The number of carbonyl (C=O) groups is 2. The summed E-state index contributed by atoms with van der Waals surface area (Å²) in [4.78, 5) is 24.6. The number of likely N-dealkylation sites (tertiary alicyclic amines) is 1. The van der Waals surface area contributed by atoms with E-state index in [0.717, 1.165) is 25.7 Å². The summed E-state index contributed by atoms with van der Waals surface area (Å²) >= 11 is 0. The Morgan fingerprint density at radius 2 is 1.72 bits per heavy atom. The number of amides is 1. The van der Waals surface area contributed by atoms with Crippen molar-refractivity contribution in [2.45, 2.75) is 57.1 Å². The zero-order chi connectivity index (χ0) is 13.1. The van der Waals surface area contributed by atoms with Crippen LogP contribution in [0.1, 0.15) is 44.9 Å². The molecule has 2 fully saturated rings. The van der Waals surface area contributed by atoms with Crippen molar-refractivity contribution in [3.63, 3.8) is 0 Å². The number of hydrogen-bond donors (Lipinski definition) is 2. The Bertz CT molecular complexity index is 325. The molecule has 2 rings (SSSR count). The average Bonchev–Trinajstić information content (AvgIpc) is 2.87. The molecular formula is C13H21NO4. The summed E-state index contributed by atoms with van der Waals surface area (Å²) in [5.74, 6) is -1.33. The van der Waals surface area contributed by atoms with Gasteiger partial charge in [-0.2, -0.15) is 0 Å². The number of hydrogen-bond acceptors (Lipinski definition) is 3. The van der Waals surface area contributed by atoms with Gasteiger partial charge in [0.2, 0.25) is 0 Å². The number of aliphatic hydroxyl groups excluding tert-OH is 1. The van der Waals surface area contributed by atoms with Gasteiger partial charge in [0.15, 0.2) is 0 Å². The standard InChI is InChI=1S/C13H21NO4/c15-11(9-5-2-1-3-6-9)12(16)14-8-4-7-10(14)13(17)18/h9-11,15H,1-8H2,(H,17,18)/t10-,11?/m0/s1. The van der Waals surface area contributed by atoms with Crippen LogP contribution >= 0.6 is 0 Å². The smallest absolute Gasteiger partial charge is 0.326 e. The highest BCUT2D eigenvalue weighted by atomic mass is 16.4. The number of rotatable bonds is 3. The molecule has 1 amide bonds. The molecule has 2 N–H and O–H groups in total. The van der Waals surface area contributed by atoms with E-state index in [1.54, 1.807) is 0 Å². The first kappa shape index (κ1) is 13.3. The number of carbonyl (C=O) groups excluding carboxylic acids is 1. The fourth-order valence-electron chi connectivity index (χ4n) is 3.11. The van der Waals surface area contributed by atoms with Crippen molar-refractivity contribution in [1.29, 1.82) is 0 Å². The molecule has 2 atom stereocenters. The van der Waals surface area contributed by atoms with Crippen LogP contribution in [0.2, 0.25) is 0 Å². The van der Waals surface area contributed by atoms with Gasteiger partial charge in [-0.15, -0.1) is 0 Å². The Morgan fingerprint density at radius 1 is 1.06 bits per heavy atom. The first-order chi connectivity index (χ1) is 8.61. The third-order valence-corrected chi connectivity index (χ3v) is 4.17. The van der Waals surface area contributed by atoms with Crippen molar-refractivity contribution in [2.75, 3.05) is 6.54 Å². The molecule has 1 saturated heterocycles. The van der Waals surface area contributed by atoms with Crippen molar-refractivity contribution in [2.24, 2.45) is 5.92 Å². The molecule has 1 saturated carbocycles. The second kappa shape index (κ2) is 5.69. The minimum Gasteiger partial charge on any atom is -0.480 e. The molecule has 5 heteroatoms. The maximum absolute atomic E-state index is 12.2. The minimum absolute atomic E-state index is 0.0151. The van der Waals surface area contributed by atoms with Crippen LogP contribution in [-0.2, 0) is 9.59 Å². The molecule has 2 aliphatic rings. The van der Waals surface area contributed by atoms with Gasteiger partial charge in [-0.3, -0.25) is 4.79 Å². The lowest BCUT2D eigenvalue weighted by molar-refractivity contribution is -0.154. The zero-order valence-corrected chi connectivity index (χ0v) is 10.5. The molecule has 0 aromatic rings. The van der Waals surface area contributed by atoms with Crippen LogP contribution in [0.25, 0.3) is 0 Å². The minimum atomic E-state index is -1.01. The zero-order valence-electron chi connectivity index (χ0n) is 10.5. The van der Waals surface area contributed by atoms with Gasteiger partial charge in [0.25, 0.3) is 5.91 Å². The molecule has 102 valence electrons. The fraction of sp³-hybridized carbons (Fsp3) is 0.846. The Hall–Kier alpha value is -1.10. The van der Waals surface area contributed by atoms with E-state index >= 15 is 0 Å². The van der Waals surface area contributed by atoms with Gasteiger partial charge in [-0.1, -0.05) is 19.3 Å². The summed E-state index contributed by atoms with van der Waals surface area (Å²) in [7, 11) is 0. The number of nitrogens with zero attached hydrogens (tertiary/aromatic N) is 1. The summed E-state index contributed by atoms with van der Waals surface area (Å²) in [6, 6.07) is -0.740.